The van der Waals surface area contributed by atoms with Crippen molar-refractivity contribution in [1.82, 2.24) is 10.3 Å². The molecule has 0 fully saturated rings. The van der Waals surface area contributed by atoms with Crippen LogP contribution in [0.3, 0.4) is 0 Å². The van der Waals surface area contributed by atoms with Crippen LogP contribution in [0.4, 0.5) is 0 Å². The molecule has 3 rings (SSSR count). The van der Waals surface area contributed by atoms with Crippen molar-refractivity contribution in [2.24, 2.45) is 0 Å². The van der Waals surface area contributed by atoms with Gasteiger partial charge < -0.3 is 10.1 Å². The lowest BCUT2D eigenvalue weighted by atomic mass is 9.87. The largest absolute Gasteiger partial charge is 0.484 e. The SMILES string of the molecule is CC(C)(C)c1ccc(OCC(=O)NCc2csc(-c3ccccc3)n2)cc1. The highest BCUT2D eigenvalue weighted by Crippen LogP contribution is 2.24. The first-order chi connectivity index (χ1) is 12.9. The quantitative estimate of drug-likeness (QED) is 0.668. The molecule has 1 N–H and O–H groups in total. The monoisotopic (exact) mass is 380 g/mol. The second-order valence-corrected chi connectivity index (χ2v) is 8.21. The fourth-order valence-corrected chi connectivity index (χ4v) is 3.37. The number of carbonyl (C=O) groups excluding carboxylic acids is 1. The van der Waals surface area contributed by atoms with E-state index in [0.29, 0.717) is 12.3 Å². The van der Waals surface area contributed by atoms with Crippen LogP contribution in [0.25, 0.3) is 10.6 Å². The molecule has 0 aliphatic carbocycles. The number of carbonyl (C=O) groups is 1. The molecular formula is C22H24N2O2S. The maximum Gasteiger partial charge on any atom is 0.258 e. The van der Waals surface area contributed by atoms with Gasteiger partial charge in [-0.15, -0.1) is 11.3 Å². The van der Waals surface area contributed by atoms with Gasteiger partial charge in [-0.25, -0.2) is 4.98 Å². The summed E-state index contributed by atoms with van der Waals surface area (Å²) in [4.78, 5) is 16.6. The first-order valence-electron chi connectivity index (χ1n) is 8.92. The molecule has 0 radical (unpaired) electrons. The fraction of sp³-hybridized carbons (Fsp3) is 0.273. The number of ether oxygens (including phenoxy) is 1. The van der Waals surface area contributed by atoms with Gasteiger partial charge in [0, 0.05) is 10.9 Å². The molecule has 0 atom stereocenters. The zero-order chi connectivity index (χ0) is 19.3. The first-order valence-corrected chi connectivity index (χ1v) is 9.80. The van der Waals surface area contributed by atoms with Gasteiger partial charge in [-0.2, -0.15) is 0 Å². The van der Waals surface area contributed by atoms with E-state index in [9.17, 15) is 4.79 Å². The summed E-state index contributed by atoms with van der Waals surface area (Å²) in [5, 5.41) is 5.77. The number of amides is 1. The van der Waals surface area contributed by atoms with E-state index in [-0.39, 0.29) is 17.9 Å². The topological polar surface area (TPSA) is 51.2 Å². The summed E-state index contributed by atoms with van der Waals surface area (Å²) in [6.07, 6.45) is 0. The minimum Gasteiger partial charge on any atom is -0.484 e. The van der Waals surface area contributed by atoms with Gasteiger partial charge in [0.1, 0.15) is 10.8 Å². The Hall–Kier alpha value is -2.66. The van der Waals surface area contributed by atoms with E-state index >= 15 is 0 Å². The number of hydrogen-bond acceptors (Lipinski definition) is 4. The van der Waals surface area contributed by atoms with Gasteiger partial charge in [-0.05, 0) is 23.1 Å². The van der Waals surface area contributed by atoms with Gasteiger partial charge in [0.15, 0.2) is 6.61 Å². The molecule has 0 bridgehead atoms. The van der Waals surface area contributed by atoms with Crippen LogP contribution in [0.1, 0.15) is 32.0 Å². The van der Waals surface area contributed by atoms with Crippen molar-refractivity contribution in [1.29, 1.82) is 0 Å². The maximum atomic E-state index is 12.0. The van der Waals surface area contributed by atoms with Crippen LogP contribution >= 0.6 is 11.3 Å². The normalized spacial score (nSPS) is 11.2. The average molecular weight is 381 g/mol. The molecular weight excluding hydrogens is 356 g/mol. The Bertz CT molecular complexity index is 881. The van der Waals surface area contributed by atoms with E-state index in [1.807, 2.05) is 60.0 Å². The summed E-state index contributed by atoms with van der Waals surface area (Å²) in [7, 11) is 0. The highest BCUT2D eigenvalue weighted by Gasteiger charge is 2.13. The molecule has 0 aliphatic heterocycles. The van der Waals surface area contributed by atoms with Crippen LogP contribution in [0.2, 0.25) is 0 Å². The lowest BCUT2D eigenvalue weighted by molar-refractivity contribution is -0.123. The third-order valence-corrected chi connectivity index (χ3v) is 5.07. The second kappa shape index (κ2) is 8.35. The Kier molecular flexibility index (Phi) is 5.91. The fourth-order valence-electron chi connectivity index (χ4n) is 2.54. The standard InChI is InChI=1S/C22H24N2O2S/c1-22(2,3)17-9-11-19(12-10-17)26-14-20(25)23-13-18-15-27-21(24-18)16-7-5-4-6-8-16/h4-12,15H,13-14H2,1-3H3,(H,23,25). The van der Waals surface area contributed by atoms with Crippen molar-refractivity contribution in [3.8, 4) is 16.3 Å². The third kappa shape index (κ3) is 5.41. The van der Waals surface area contributed by atoms with Crippen molar-refractivity contribution >= 4 is 17.2 Å². The van der Waals surface area contributed by atoms with Crippen LogP contribution in [0, 0.1) is 0 Å². The maximum absolute atomic E-state index is 12.0. The van der Waals surface area contributed by atoms with E-state index in [2.05, 4.69) is 31.1 Å². The van der Waals surface area contributed by atoms with E-state index in [0.717, 1.165) is 16.3 Å². The highest BCUT2D eigenvalue weighted by molar-refractivity contribution is 7.13. The Balaban J connectivity index is 1.47. The van der Waals surface area contributed by atoms with Crippen LogP contribution in [0.5, 0.6) is 5.75 Å². The second-order valence-electron chi connectivity index (χ2n) is 7.35. The van der Waals surface area contributed by atoms with E-state index < -0.39 is 0 Å². The van der Waals surface area contributed by atoms with Crippen LogP contribution < -0.4 is 10.1 Å². The molecule has 1 heterocycles. The predicted octanol–water partition coefficient (Wildman–Crippen LogP) is 4.80. The number of benzene rings is 2. The summed E-state index contributed by atoms with van der Waals surface area (Å²) in [6.45, 7) is 6.88. The summed E-state index contributed by atoms with van der Waals surface area (Å²) in [5.74, 6) is 0.530. The lowest BCUT2D eigenvalue weighted by Crippen LogP contribution is -2.28. The Morgan fingerprint density at radius 1 is 1.07 bits per heavy atom. The summed E-state index contributed by atoms with van der Waals surface area (Å²) in [5.41, 5.74) is 3.27. The number of hydrogen-bond donors (Lipinski definition) is 1. The molecule has 0 saturated heterocycles. The van der Waals surface area contributed by atoms with Crippen LogP contribution in [-0.2, 0) is 16.8 Å². The zero-order valence-corrected chi connectivity index (χ0v) is 16.7. The van der Waals surface area contributed by atoms with Gasteiger partial charge >= 0.3 is 0 Å². The molecule has 0 unspecified atom stereocenters. The number of rotatable bonds is 6. The van der Waals surface area contributed by atoms with E-state index in [4.69, 9.17) is 4.74 Å². The molecule has 0 aliphatic rings. The van der Waals surface area contributed by atoms with Crippen molar-refractivity contribution in [2.75, 3.05) is 6.61 Å². The zero-order valence-electron chi connectivity index (χ0n) is 15.9. The molecule has 2 aromatic carbocycles. The summed E-state index contributed by atoms with van der Waals surface area (Å²) >= 11 is 1.57. The molecule has 3 aromatic rings. The minimum atomic E-state index is -0.163. The van der Waals surface area contributed by atoms with Gasteiger partial charge in [0.25, 0.3) is 5.91 Å². The van der Waals surface area contributed by atoms with Gasteiger partial charge in [-0.1, -0.05) is 63.2 Å². The molecule has 4 nitrogen and oxygen atoms in total. The van der Waals surface area contributed by atoms with Crippen LogP contribution in [-0.4, -0.2) is 17.5 Å². The minimum absolute atomic E-state index is 0.00938. The number of aromatic nitrogens is 1. The molecule has 140 valence electrons. The van der Waals surface area contributed by atoms with E-state index in [1.54, 1.807) is 11.3 Å². The highest BCUT2D eigenvalue weighted by atomic mass is 32.1. The predicted molar refractivity (Wildman–Crippen MR) is 110 cm³/mol. The first kappa shape index (κ1) is 19.1. The number of nitrogens with zero attached hydrogens (tertiary/aromatic N) is 1. The molecule has 5 heteroatoms. The molecule has 1 aromatic heterocycles. The van der Waals surface area contributed by atoms with Gasteiger partial charge in [-0.3, -0.25) is 4.79 Å². The Morgan fingerprint density at radius 2 is 1.78 bits per heavy atom. The summed E-state index contributed by atoms with van der Waals surface area (Å²) < 4.78 is 5.57. The van der Waals surface area contributed by atoms with Crippen molar-refractivity contribution < 1.29 is 9.53 Å². The molecule has 1 amide bonds. The van der Waals surface area contributed by atoms with Crippen molar-refractivity contribution in [3.05, 3.63) is 71.2 Å². The molecule has 0 saturated carbocycles. The van der Waals surface area contributed by atoms with Crippen molar-refractivity contribution in [2.45, 2.75) is 32.7 Å². The Morgan fingerprint density at radius 3 is 2.44 bits per heavy atom. The molecule has 0 spiro atoms. The Labute approximate surface area is 164 Å². The van der Waals surface area contributed by atoms with E-state index in [1.165, 1.54) is 5.56 Å². The average Bonchev–Trinajstić information content (AvgIpc) is 3.14. The number of nitrogens with one attached hydrogen (secondary N) is 1. The molecule has 27 heavy (non-hydrogen) atoms. The number of thiazole rings is 1. The van der Waals surface area contributed by atoms with Crippen molar-refractivity contribution in [3.63, 3.8) is 0 Å². The lowest BCUT2D eigenvalue weighted by Gasteiger charge is -2.19. The van der Waals surface area contributed by atoms with Crippen LogP contribution in [0.15, 0.2) is 60.0 Å². The van der Waals surface area contributed by atoms with Gasteiger partial charge in [0.05, 0.1) is 12.2 Å². The third-order valence-electron chi connectivity index (χ3n) is 4.13. The smallest absolute Gasteiger partial charge is 0.258 e. The summed E-state index contributed by atoms with van der Waals surface area (Å²) in [6, 6.07) is 17.9. The van der Waals surface area contributed by atoms with Gasteiger partial charge in [0.2, 0.25) is 0 Å².